The van der Waals surface area contributed by atoms with E-state index in [2.05, 4.69) is 5.32 Å². The Balaban J connectivity index is 1.94. The Morgan fingerprint density at radius 1 is 1.25 bits per heavy atom. The summed E-state index contributed by atoms with van der Waals surface area (Å²) in [5.41, 5.74) is 0.504. The first kappa shape index (κ1) is 14.3. The number of carbonyl (C=O) groups excluding carboxylic acids is 2. The van der Waals surface area contributed by atoms with E-state index in [4.69, 9.17) is 0 Å². The van der Waals surface area contributed by atoms with Gasteiger partial charge in [-0.15, -0.1) is 0 Å². The number of carbonyl (C=O) groups is 2. The van der Waals surface area contributed by atoms with E-state index >= 15 is 0 Å². The first-order valence-corrected chi connectivity index (χ1v) is 6.70. The minimum absolute atomic E-state index is 0.0492. The van der Waals surface area contributed by atoms with E-state index in [0.29, 0.717) is 31.6 Å². The number of hydrogen-bond donors (Lipinski definition) is 1. The molecule has 6 heteroatoms. The Bertz CT molecular complexity index is 571. The zero-order valence-electron chi connectivity index (χ0n) is 11.8. The van der Waals surface area contributed by atoms with Crippen LogP contribution in [0.5, 0.6) is 0 Å². The Morgan fingerprint density at radius 2 is 1.90 bits per heavy atom. The van der Waals surface area contributed by atoms with Crippen LogP contribution in [-0.2, 0) is 16.6 Å². The SMILES string of the molecule is CC(=O)N1CCC(C(=O)Nc2ccc(=O)n(C)c2)CC1. The fourth-order valence-electron chi connectivity index (χ4n) is 2.37. The molecule has 20 heavy (non-hydrogen) atoms. The van der Waals surface area contributed by atoms with Crippen molar-refractivity contribution in [1.29, 1.82) is 0 Å². The van der Waals surface area contributed by atoms with Gasteiger partial charge in [0.05, 0.1) is 5.69 Å². The lowest BCUT2D eigenvalue weighted by molar-refractivity contribution is -0.132. The second-order valence-electron chi connectivity index (χ2n) is 5.14. The van der Waals surface area contributed by atoms with Gasteiger partial charge in [0.2, 0.25) is 17.4 Å². The van der Waals surface area contributed by atoms with E-state index in [9.17, 15) is 14.4 Å². The summed E-state index contributed by atoms with van der Waals surface area (Å²) in [5, 5.41) is 2.82. The van der Waals surface area contributed by atoms with E-state index in [1.165, 1.54) is 10.6 Å². The molecule has 1 aromatic rings. The molecule has 0 saturated carbocycles. The van der Waals surface area contributed by atoms with Gasteiger partial charge in [0.1, 0.15) is 0 Å². The van der Waals surface area contributed by atoms with Crippen LogP contribution in [0.3, 0.4) is 0 Å². The van der Waals surface area contributed by atoms with Gasteiger partial charge in [-0.3, -0.25) is 14.4 Å². The molecule has 0 spiro atoms. The van der Waals surface area contributed by atoms with E-state index in [0.717, 1.165) is 0 Å². The van der Waals surface area contributed by atoms with Gasteiger partial charge in [-0.2, -0.15) is 0 Å². The van der Waals surface area contributed by atoms with Crippen LogP contribution >= 0.6 is 0 Å². The van der Waals surface area contributed by atoms with Crippen LogP contribution in [0, 0.1) is 5.92 Å². The van der Waals surface area contributed by atoms with Crippen molar-refractivity contribution in [2.75, 3.05) is 18.4 Å². The number of rotatable bonds is 2. The Hall–Kier alpha value is -2.11. The van der Waals surface area contributed by atoms with Gasteiger partial charge in [0.15, 0.2) is 0 Å². The number of piperidine rings is 1. The predicted molar refractivity (Wildman–Crippen MR) is 75.3 cm³/mol. The Kier molecular flexibility index (Phi) is 4.22. The van der Waals surface area contributed by atoms with E-state index in [1.807, 2.05) is 0 Å². The number of nitrogens with one attached hydrogen (secondary N) is 1. The highest BCUT2D eigenvalue weighted by molar-refractivity contribution is 5.92. The van der Waals surface area contributed by atoms with Crippen molar-refractivity contribution in [3.05, 3.63) is 28.7 Å². The largest absolute Gasteiger partial charge is 0.343 e. The van der Waals surface area contributed by atoms with Gasteiger partial charge in [0, 0.05) is 45.2 Å². The van der Waals surface area contributed by atoms with Crippen molar-refractivity contribution >= 4 is 17.5 Å². The normalized spacial score (nSPS) is 16.0. The zero-order chi connectivity index (χ0) is 14.7. The maximum absolute atomic E-state index is 12.1. The number of aromatic nitrogens is 1. The molecule has 6 nitrogen and oxygen atoms in total. The summed E-state index contributed by atoms with van der Waals surface area (Å²) in [6, 6.07) is 3.03. The average Bonchev–Trinajstić information content (AvgIpc) is 2.43. The van der Waals surface area contributed by atoms with Crippen LogP contribution in [0.15, 0.2) is 23.1 Å². The van der Waals surface area contributed by atoms with Gasteiger partial charge in [-0.25, -0.2) is 0 Å². The summed E-state index contributed by atoms with van der Waals surface area (Å²) in [5.74, 6) is -0.0726. The number of aryl methyl sites for hydroxylation is 1. The van der Waals surface area contributed by atoms with Crippen molar-refractivity contribution in [2.24, 2.45) is 13.0 Å². The molecule has 0 radical (unpaired) electrons. The first-order valence-electron chi connectivity index (χ1n) is 6.70. The zero-order valence-corrected chi connectivity index (χ0v) is 11.8. The average molecular weight is 277 g/mol. The fraction of sp³-hybridized carbons (Fsp3) is 0.500. The van der Waals surface area contributed by atoms with E-state index in [1.54, 1.807) is 31.1 Å². The van der Waals surface area contributed by atoms with Crippen molar-refractivity contribution < 1.29 is 9.59 Å². The van der Waals surface area contributed by atoms with E-state index < -0.39 is 0 Å². The molecule has 2 heterocycles. The predicted octanol–water partition coefficient (Wildman–Crippen LogP) is 0.582. The molecule has 1 aliphatic rings. The number of amides is 2. The van der Waals surface area contributed by atoms with Gasteiger partial charge in [0.25, 0.3) is 0 Å². The maximum Gasteiger partial charge on any atom is 0.250 e. The van der Waals surface area contributed by atoms with Crippen molar-refractivity contribution in [1.82, 2.24) is 9.47 Å². The molecule has 108 valence electrons. The molecular weight excluding hydrogens is 258 g/mol. The summed E-state index contributed by atoms with van der Waals surface area (Å²) >= 11 is 0. The summed E-state index contributed by atoms with van der Waals surface area (Å²) in [6.45, 7) is 2.80. The quantitative estimate of drug-likeness (QED) is 0.859. The minimum Gasteiger partial charge on any atom is -0.343 e. The standard InChI is InChI=1S/C14H19N3O3/c1-10(18)17-7-5-11(6-8-17)14(20)15-12-3-4-13(19)16(2)9-12/h3-4,9,11H,5-8H2,1-2H3,(H,15,20). The third kappa shape index (κ3) is 3.26. The second kappa shape index (κ2) is 5.90. The highest BCUT2D eigenvalue weighted by Crippen LogP contribution is 2.19. The number of likely N-dealkylation sites (tertiary alicyclic amines) is 1. The molecule has 0 aliphatic carbocycles. The monoisotopic (exact) mass is 277 g/mol. The molecule has 1 saturated heterocycles. The van der Waals surface area contributed by atoms with Gasteiger partial charge in [-0.1, -0.05) is 0 Å². The van der Waals surface area contributed by atoms with Gasteiger partial charge >= 0.3 is 0 Å². The highest BCUT2D eigenvalue weighted by atomic mass is 16.2. The molecule has 0 bridgehead atoms. The molecule has 2 rings (SSSR count). The maximum atomic E-state index is 12.1. The molecule has 2 amide bonds. The summed E-state index contributed by atoms with van der Waals surface area (Å²) in [6.07, 6.45) is 2.96. The Labute approximate surface area is 117 Å². The lowest BCUT2D eigenvalue weighted by atomic mass is 9.96. The second-order valence-corrected chi connectivity index (χ2v) is 5.14. The van der Waals surface area contributed by atoms with Crippen LogP contribution in [0.2, 0.25) is 0 Å². The summed E-state index contributed by atoms with van der Waals surface area (Å²) in [4.78, 5) is 36.4. The van der Waals surface area contributed by atoms with Gasteiger partial charge in [-0.05, 0) is 18.9 Å². The summed E-state index contributed by atoms with van der Waals surface area (Å²) in [7, 11) is 1.64. The summed E-state index contributed by atoms with van der Waals surface area (Å²) < 4.78 is 1.42. The molecule has 0 unspecified atom stereocenters. The fourth-order valence-corrected chi connectivity index (χ4v) is 2.37. The number of nitrogens with zero attached hydrogens (tertiary/aromatic N) is 2. The number of pyridine rings is 1. The van der Waals surface area contributed by atoms with Crippen molar-refractivity contribution in [3.8, 4) is 0 Å². The minimum atomic E-state index is -0.113. The molecule has 0 atom stereocenters. The molecule has 1 aromatic heterocycles. The van der Waals surface area contributed by atoms with Crippen molar-refractivity contribution in [2.45, 2.75) is 19.8 Å². The van der Waals surface area contributed by atoms with Crippen LogP contribution in [0.1, 0.15) is 19.8 Å². The molecular formula is C14H19N3O3. The lowest BCUT2D eigenvalue weighted by Crippen LogP contribution is -2.40. The van der Waals surface area contributed by atoms with Crippen LogP contribution in [-0.4, -0.2) is 34.4 Å². The number of hydrogen-bond acceptors (Lipinski definition) is 3. The smallest absolute Gasteiger partial charge is 0.250 e. The number of anilines is 1. The van der Waals surface area contributed by atoms with Crippen LogP contribution in [0.4, 0.5) is 5.69 Å². The molecule has 1 N–H and O–H groups in total. The topological polar surface area (TPSA) is 71.4 Å². The molecule has 0 aromatic carbocycles. The first-order chi connectivity index (χ1) is 9.47. The lowest BCUT2D eigenvalue weighted by Gasteiger charge is -2.30. The third-order valence-corrected chi connectivity index (χ3v) is 3.66. The van der Waals surface area contributed by atoms with Crippen LogP contribution < -0.4 is 10.9 Å². The molecule has 1 aliphatic heterocycles. The molecule has 1 fully saturated rings. The van der Waals surface area contributed by atoms with Gasteiger partial charge < -0.3 is 14.8 Å². The van der Waals surface area contributed by atoms with E-state index in [-0.39, 0.29) is 23.3 Å². The highest BCUT2D eigenvalue weighted by Gasteiger charge is 2.25. The third-order valence-electron chi connectivity index (χ3n) is 3.66. The Morgan fingerprint density at radius 3 is 2.45 bits per heavy atom. The van der Waals surface area contributed by atoms with Crippen LogP contribution in [0.25, 0.3) is 0 Å². The van der Waals surface area contributed by atoms with Crippen molar-refractivity contribution in [3.63, 3.8) is 0 Å².